The van der Waals surface area contributed by atoms with Crippen LogP contribution in [0.3, 0.4) is 0 Å². The van der Waals surface area contributed by atoms with Gasteiger partial charge in [0.2, 0.25) is 0 Å². The Morgan fingerprint density at radius 2 is 1.65 bits per heavy atom. The molecule has 2 aromatic rings. The number of anilines is 1. The van der Waals surface area contributed by atoms with Crippen molar-refractivity contribution in [3.63, 3.8) is 0 Å². The van der Waals surface area contributed by atoms with Gasteiger partial charge >= 0.3 is 0 Å². The highest BCUT2D eigenvalue weighted by Crippen LogP contribution is 2.38. The van der Waals surface area contributed by atoms with Gasteiger partial charge in [0.15, 0.2) is 5.78 Å². The number of nitrogens with zero attached hydrogens (tertiary/aromatic N) is 1. The number of nitrogens with one attached hydrogen (secondary N) is 2. The fourth-order valence-electron chi connectivity index (χ4n) is 4.60. The number of hydrogen-bond acceptors (Lipinski definition) is 4. The van der Waals surface area contributed by atoms with E-state index in [9.17, 15) is 9.59 Å². The van der Waals surface area contributed by atoms with Gasteiger partial charge in [-0.05, 0) is 77.4 Å². The molecule has 31 heavy (non-hydrogen) atoms. The molecule has 4 rings (SSSR count). The molecule has 1 heterocycles. The minimum absolute atomic E-state index is 0.00616. The molecule has 0 atom stereocenters. The highest BCUT2D eigenvalue weighted by atomic mass is 16.2. The number of hydrogen-bond donors (Lipinski definition) is 2. The van der Waals surface area contributed by atoms with Gasteiger partial charge in [0.05, 0.1) is 11.3 Å². The molecular weight excluding hydrogens is 386 g/mol. The molecule has 162 valence electrons. The van der Waals surface area contributed by atoms with Crippen molar-refractivity contribution in [1.29, 1.82) is 0 Å². The Balaban J connectivity index is 1.76. The normalized spacial score (nSPS) is 22.2. The third-order valence-corrected chi connectivity index (χ3v) is 6.54. The van der Waals surface area contributed by atoms with Crippen LogP contribution >= 0.6 is 0 Å². The minimum Gasteiger partial charge on any atom is -0.381 e. The van der Waals surface area contributed by atoms with E-state index in [2.05, 4.69) is 60.8 Å². The topological polar surface area (TPSA) is 61.4 Å². The van der Waals surface area contributed by atoms with E-state index in [1.807, 2.05) is 12.1 Å². The van der Waals surface area contributed by atoms with Crippen molar-refractivity contribution in [3.8, 4) is 0 Å². The summed E-state index contributed by atoms with van der Waals surface area (Å²) >= 11 is 0. The molecule has 5 heteroatoms. The second-order valence-corrected chi connectivity index (χ2v) is 9.00. The largest absolute Gasteiger partial charge is 0.381 e. The van der Waals surface area contributed by atoms with Crippen molar-refractivity contribution in [1.82, 2.24) is 10.2 Å². The number of ketones is 1. The van der Waals surface area contributed by atoms with Crippen molar-refractivity contribution >= 4 is 28.6 Å². The van der Waals surface area contributed by atoms with Crippen molar-refractivity contribution in [2.24, 2.45) is 0 Å². The SMILES string of the molecule is CC(=O)c1ccc2c(c1)/C(=C(/N[C@H]1CC[C@H](N(C)C)CC1)c1ccc(C)cc1)C(=O)N2. The van der Waals surface area contributed by atoms with Crippen LogP contribution in [0.1, 0.15) is 59.7 Å². The van der Waals surface area contributed by atoms with Gasteiger partial charge in [-0.2, -0.15) is 0 Å². The van der Waals surface area contributed by atoms with Crippen LogP contribution in [0.4, 0.5) is 5.69 Å². The van der Waals surface area contributed by atoms with Crippen LogP contribution in [0.2, 0.25) is 0 Å². The van der Waals surface area contributed by atoms with Crippen LogP contribution < -0.4 is 10.6 Å². The van der Waals surface area contributed by atoms with E-state index in [1.165, 1.54) is 5.56 Å². The molecule has 0 unspecified atom stereocenters. The summed E-state index contributed by atoms with van der Waals surface area (Å²) in [5.41, 5.74) is 5.81. The summed E-state index contributed by atoms with van der Waals surface area (Å²) in [6, 6.07) is 14.6. The van der Waals surface area contributed by atoms with Crippen LogP contribution in [-0.4, -0.2) is 42.8 Å². The molecule has 2 aromatic carbocycles. The zero-order chi connectivity index (χ0) is 22.1. The number of fused-ring (bicyclic) bond motifs is 1. The molecule has 0 spiro atoms. The molecule has 1 amide bonds. The summed E-state index contributed by atoms with van der Waals surface area (Å²) in [6.45, 7) is 3.61. The molecular formula is C26H31N3O2. The maximum absolute atomic E-state index is 13.1. The summed E-state index contributed by atoms with van der Waals surface area (Å²) in [5, 5.41) is 6.71. The van der Waals surface area contributed by atoms with Gasteiger partial charge < -0.3 is 15.5 Å². The average molecular weight is 418 g/mol. The predicted octanol–water partition coefficient (Wildman–Crippen LogP) is 4.48. The first-order chi connectivity index (χ1) is 14.8. The van der Waals surface area contributed by atoms with Crippen molar-refractivity contribution in [2.75, 3.05) is 19.4 Å². The van der Waals surface area contributed by atoms with Crippen LogP contribution in [0.15, 0.2) is 42.5 Å². The summed E-state index contributed by atoms with van der Waals surface area (Å²) in [7, 11) is 4.29. The lowest BCUT2D eigenvalue weighted by Gasteiger charge is -2.34. The maximum Gasteiger partial charge on any atom is 0.258 e. The molecule has 1 fully saturated rings. The fraction of sp³-hybridized carbons (Fsp3) is 0.385. The number of Topliss-reactive ketones (excluding diaryl/α,β-unsaturated/α-hetero) is 1. The third-order valence-electron chi connectivity index (χ3n) is 6.54. The first kappa shape index (κ1) is 21.3. The van der Waals surface area contributed by atoms with Crippen LogP contribution in [0, 0.1) is 6.92 Å². The molecule has 0 radical (unpaired) electrons. The Hall–Kier alpha value is -2.92. The zero-order valence-corrected chi connectivity index (χ0v) is 18.8. The van der Waals surface area contributed by atoms with E-state index in [0.717, 1.165) is 48.2 Å². The molecule has 0 bridgehead atoms. The number of benzene rings is 2. The molecule has 2 aliphatic rings. The lowest BCUT2D eigenvalue weighted by molar-refractivity contribution is -0.110. The predicted molar refractivity (Wildman–Crippen MR) is 126 cm³/mol. The number of rotatable bonds is 5. The van der Waals surface area contributed by atoms with E-state index in [4.69, 9.17) is 0 Å². The van der Waals surface area contributed by atoms with Crippen LogP contribution in [-0.2, 0) is 4.79 Å². The van der Waals surface area contributed by atoms with Crippen molar-refractivity contribution in [3.05, 3.63) is 64.7 Å². The van der Waals surface area contributed by atoms with Gasteiger partial charge in [-0.3, -0.25) is 9.59 Å². The molecule has 1 aliphatic carbocycles. The first-order valence-corrected chi connectivity index (χ1v) is 11.0. The van der Waals surface area contributed by atoms with Crippen LogP contribution in [0.5, 0.6) is 0 Å². The Bertz CT molecular complexity index is 1030. The summed E-state index contributed by atoms with van der Waals surface area (Å²) in [4.78, 5) is 27.4. The minimum atomic E-state index is -0.124. The van der Waals surface area contributed by atoms with Crippen LogP contribution in [0.25, 0.3) is 11.3 Å². The lowest BCUT2D eigenvalue weighted by atomic mass is 9.89. The van der Waals surface area contributed by atoms with E-state index in [0.29, 0.717) is 23.2 Å². The molecule has 5 nitrogen and oxygen atoms in total. The Morgan fingerprint density at radius 3 is 2.26 bits per heavy atom. The molecule has 0 aromatic heterocycles. The summed E-state index contributed by atoms with van der Waals surface area (Å²) in [5.74, 6) is -0.130. The quantitative estimate of drug-likeness (QED) is 0.556. The van der Waals surface area contributed by atoms with E-state index in [-0.39, 0.29) is 11.7 Å². The number of carbonyl (C=O) groups excluding carboxylic acids is 2. The summed E-state index contributed by atoms with van der Waals surface area (Å²) in [6.07, 6.45) is 4.40. The van der Waals surface area contributed by atoms with Gasteiger partial charge in [0.1, 0.15) is 0 Å². The highest BCUT2D eigenvalue weighted by molar-refractivity contribution is 6.36. The van der Waals surface area contributed by atoms with E-state index in [1.54, 1.807) is 13.0 Å². The van der Waals surface area contributed by atoms with Crippen molar-refractivity contribution in [2.45, 2.75) is 51.6 Å². The highest BCUT2D eigenvalue weighted by Gasteiger charge is 2.31. The fourth-order valence-corrected chi connectivity index (χ4v) is 4.60. The monoisotopic (exact) mass is 417 g/mol. The van der Waals surface area contributed by atoms with Gasteiger partial charge in [-0.15, -0.1) is 0 Å². The van der Waals surface area contributed by atoms with Crippen molar-refractivity contribution < 1.29 is 9.59 Å². The standard InChI is InChI=1S/C26H31N3O2/c1-16-5-7-18(8-6-16)25(27-20-10-12-21(13-11-20)29(3)4)24-22-15-19(17(2)30)9-14-23(22)28-26(24)31/h5-9,14-15,20-21,27H,10-13H2,1-4H3,(H,28,31)/b25-24-/t20-,21-. The van der Waals surface area contributed by atoms with E-state index < -0.39 is 0 Å². The lowest BCUT2D eigenvalue weighted by Crippen LogP contribution is -2.39. The average Bonchev–Trinajstić information content (AvgIpc) is 3.07. The number of aryl methyl sites for hydroxylation is 1. The Morgan fingerprint density at radius 1 is 1.00 bits per heavy atom. The molecule has 0 saturated heterocycles. The summed E-state index contributed by atoms with van der Waals surface area (Å²) < 4.78 is 0. The zero-order valence-electron chi connectivity index (χ0n) is 18.8. The maximum atomic E-state index is 13.1. The van der Waals surface area contributed by atoms with E-state index >= 15 is 0 Å². The second kappa shape index (κ2) is 8.67. The Kier molecular flexibility index (Phi) is 5.96. The van der Waals surface area contributed by atoms with Gasteiger partial charge in [-0.1, -0.05) is 29.8 Å². The molecule has 1 aliphatic heterocycles. The third kappa shape index (κ3) is 4.42. The number of amides is 1. The van der Waals surface area contributed by atoms with Gasteiger partial charge in [-0.25, -0.2) is 0 Å². The molecule has 2 N–H and O–H groups in total. The van der Waals surface area contributed by atoms with Gasteiger partial charge in [0, 0.05) is 28.9 Å². The molecule has 1 saturated carbocycles. The van der Waals surface area contributed by atoms with Gasteiger partial charge in [0.25, 0.3) is 5.91 Å². The smallest absolute Gasteiger partial charge is 0.258 e. The Labute approximate surface area is 184 Å². The first-order valence-electron chi connectivity index (χ1n) is 11.0. The second-order valence-electron chi connectivity index (χ2n) is 9.00. The number of carbonyl (C=O) groups is 2.